The summed E-state index contributed by atoms with van der Waals surface area (Å²) in [6.07, 6.45) is 0.996. The second kappa shape index (κ2) is 8.04. The third-order valence-corrected chi connectivity index (χ3v) is 3.21. The Bertz CT molecular complexity index is 240. The van der Waals surface area contributed by atoms with Gasteiger partial charge in [0, 0.05) is 19.7 Å². The Morgan fingerprint density at radius 3 is 2.53 bits per heavy atom. The monoisotopic (exact) mass is 238 g/mol. The van der Waals surface area contributed by atoms with Crippen LogP contribution < -0.4 is 10.5 Å². The molecule has 0 unspecified atom stereocenters. The van der Waals surface area contributed by atoms with Crippen LogP contribution in [-0.4, -0.2) is 40.5 Å². The lowest BCUT2D eigenvalue weighted by atomic mass is 10.1. The van der Waals surface area contributed by atoms with Gasteiger partial charge >= 0.3 is 0 Å². The highest BCUT2D eigenvalue weighted by Crippen LogP contribution is 1.98. The molecule has 92 valence electrons. The van der Waals surface area contributed by atoms with Gasteiger partial charge in [0.2, 0.25) is 10.0 Å². The van der Waals surface area contributed by atoms with Gasteiger partial charge < -0.3 is 10.5 Å². The minimum Gasteiger partial charge on any atom is -0.380 e. The molecule has 0 amide bonds. The Morgan fingerprint density at radius 1 is 1.33 bits per heavy atom. The van der Waals surface area contributed by atoms with Gasteiger partial charge in [-0.2, -0.15) is 0 Å². The quantitative estimate of drug-likeness (QED) is 0.551. The highest BCUT2D eigenvalue weighted by Gasteiger charge is 2.06. The maximum Gasteiger partial charge on any atom is 0.212 e. The molecule has 0 saturated heterocycles. The van der Waals surface area contributed by atoms with E-state index >= 15 is 0 Å². The number of sulfonamides is 1. The fourth-order valence-electron chi connectivity index (χ4n) is 0.918. The molecule has 5 nitrogen and oxygen atoms in total. The van der Waals surface area contributed by atoms with Crippen molar-refractivity contribution in [1.29, 1.82) is 0 Å². The zero-order chi connectivity index (χ0) is 11.7. The third kappa shape index (κ3) is 10.1. The van der Waals surface area contributed by atoms with Crippen LogP contribution in [0.5, 0.6) is 0 Å². The highest BCUT2D eigenvalue weighted by atomic mass is 32.2. The van der Waals surface area contributed by atoms with E-state index in [0.29, 0.717) is 25.7 Å². The Balaban J connectivity index is 3.38. The molecular formula is C9H22N2O3S. The van der Waals surface area contributed by atoms with E-state index in [1.54, 1.807) is 0 Å². The van der Waals surface area contributed by atoms with Gasteiger partial charge in [-0.25, -0.2) is 13.1 Å². The molecular weight excluding hydrogens is 216 g/mol. The minimum absolute atomic E-state index is 0.0288. The highest BCUT2D eigenvalue weighted by molar-refractivity contribution is 7.89. The lowest BCUT2D eigenvalue weighted by Gasteiger charge is -2.07. The van der Waals surface area contributed by atoms with E-state index in [-0.39, 0.29) is 12.3 Å². The molecule has 3 N–H and O–H groups in total. The first-order chi connectivity index (χ1) is 6.98. The van der Waals surface area contributed by atoms with Crippen molar-refractivity contribution in [2.45, 2.75) is 20.3 Å². The fraction of sp³-hybridized carbons (Fsp3) is 1.00. The van der Waals surface area contributed by atoms with E-state index in [2.05, 4.69) is 18.6 Å². The molecule has 0 radical (unpaired) electrons. The molecule has 0 aliphatic rings. The molecule has 0 aliphatic heterocycles. The summed E-state index contributed by atoms with van der Waals surface area (Å²) in [7, 11) is -3.19. The van der Waals surface area contributed by atoms with Gasteiger partial charge in [-0.3, -0.25) is 0 Å². The van der Waals surface area contributed by atoms with Crippen molar-refractivity contribution in [3.63, 3.8) is 0 Å². The molecule has 0 bridgehead atoms. The molecule has 0 aromatic carbocycles. The summed E-state index contributed by atoms with van der Waals surface area (Å²) >= 11 is 0. The van der Waals surface area contributed by atoms with Gasteiger partial charge in [-0.15, -0.1) is 0 Å². The van der Waals surface area contributed by atoms with Crippen LogP contribution in [0, 0.1) is 5.92 Å². The molecule has 15 heavy (non-hydrogen) atoms. The Kier molecular flexibility index (Phi) is 7.95. The van der Waals surface area contributed by atoms with Crippen LogP contribution in [0.25, 0.3) is 0 Å². The molecule has 6 heteroatoms. The second-order valence-corrected chi connectivity index (χ2v) is 5.72. The summed E-state index contributed by atoms with van der Waals surface area (Å²) in [4.78, 5) is 0. The number of hydrogen-bond acceptors (Lipinski definition) is 4. The van der Waals surface area contributed by atoms with E-state index in [1.807, 2.05) is 0 Å². The van der Waals surface area contributed by atoms with Crippen molar-refractivity contribution < 1.29 is 13.2 Å². The lowest BCUT2D eigenvalue weighted by Crippen LogP contribution is -2.32. The molecule has 0 fully saturated rings. The molecule has 0 aliphatic carbocycles. The van der Waals surface area contributed by atoms with Crippen LogP contribution >= 0.6 is 0 Å². The fourth-order valence-corrected chi connectivity index (χ4v) is 1.77. The number of nitrogens with two attached hydrogens (primary N) is 1. The number of rotatable bonds is 9. The molecule has 0 saturated carbocycles. The van der Waals surface area contributed by atoms with Gasteiger partial charge in [0.25, 0.3) is 0 Å². The van der Waals surface area contributed by atoms with Crippen molar-refractivity contribution in [3.8, 4) is 0 Å². The summed E-state index contributed by atoms with van der Waals surface area (Å²) < 4.78 is 29.9. The van der Waals surface area contributed by atoms with Crippen molar-refractivity contribution in [2.24, 2.45) is 11.7 Å². The van der Waals surface area contributed by atoms with Gasteiger partial charge in [-0.1, -0.05) is 13.8 Å². The standard InChI is InChI=1S/C9H22N2O3S/c1-9(2)3-6-14-7-5-11-15(12,13)8-4-10/h9,11H,3-8,10H2,1-2H3. The maximum atomic E-state index is 11.1. The second-order valence-electron chi connectivity index (χ2n) is 3.80. The summed E-state index contributed by atoms with van der Waals surface area (Å²) in [6, 6.07) is 0. The summed E-state index contributed by atoms with van der Waals surface area (Å²) in [6.45, 7) is 5.79. The average molecular weight is 238 g/mol. The SMILES string of the molecule is CC(C)CCOCCNS(=O)(=O)CCN. The number of ether oxygens (including phenoxy) is 1. The van der Waals surface area contributed by atoms with Crippen molar-refractivity contribution >= 4 is 10.0 Å². The zero-order valence-corrected chi connectivity index (χ0v) is 10.3. The van der Waals surface area contributed by atoms with E-state index < -0.39 is 10.0 Å². The summed E-state index contributed by atoms with van der Waals surface area (Å²) in [5.41, 5.74) is 5.15. The first-order valence-corrected chi connectivity index (χ1v) is 6.88. The van der Waals surface area contributed by atoms with Crippen LogP contribution in [0.15, 0.2) is 0 Å². The Hall–Kier alpha value is -0.170. The number of nitrogens with one attached hydrogen (secondary N) is 1. The van der Waals surface area contributed by atoms with Crippen LogP contribution in [0.1, 0.15) is 20.3 Å². The third-order valence-electron chi connectivity index (χ3n) is 1.79. The zero-order valence-electron chi connectivity index (χ0n) is 9.53. The predicted octanol–water partition coefficient (Wildman–Crippen LogP) is -0.0728. The first kappa shape index (κ1) is 14.8. The van der Waals surface area contributed by atoms with Crippen molar-refractivity contribution in [2.75, 3.05) is 32.1 Å². The van der Waals surface area contributed by atoms with Crippen LogP contribution in [0.2, 0.25) is 0 Å². The summed E-state index contributed by atoms with van der Waals surface area (Å²) in [5, 5.41) is 0. The van der Waals surface area contributed by atoms with Crippen molar-refractivity contribution in [3.05, 3.63) is 0 Å². The largest absolute Gasteiger partial charge is 0.380 e. The van der Waals surface area contributed by atoms with Gasteiger partial charge in [0.05, 0.1) is 12.4 Å². The predicted molar refractivity (Wildman–Crippen MR) is 61.1 cm³/mol. The maximum absolute atomic E-state index is 11.1. The van der Waals surface area contributed by atoms with Gasteiger partial charge in [0.1, 0.15) is 0 Å². The Morgan fingerprint density at radius 2 is 2.00 bits per heavy atom. The van der Waals surface area contributed by atoms with Gasteiger partial charge in [-0.05, 0) is 12.3 Å². The topological polar surface area (TPSA) is 81.4 Å². The van der Waals surface area contributed by atoms with E-state index in [0.717, 1.165) is 6.42 Å². The molecule has 0 heterocycles. The summed E-state index contributed by atoms with van der Waals surface area (Å²) in [5.74, 6) is 0.581. The van der Waals surface area contributed by atoms with Gasteiger partial charge in [0.15, 0.2) is 0 Å². The van der Waals surface area contributed by atoms with Crippen molar-refractivity contribution in [1.82, 2.24) is 4.72 Å². The Labute approximate surface area is 92.4 Å². The van der Waals surface area contributed by atoms with Crippen LogP contribution in [0.3, 0.4) is 0 Å². The first-order valence-electron chi connectivity index (χ1n) is 5.23. The molecule has 0 atom stereocenters. The smallest absolute Gasteiger partial charge is 0.212 e. The van der Waals surface area contributed by atoms with Crippen LogP contribution in [-0.2, 0) is 14.8 Å². The molecule has 0 aromatic rings. The van der Waals surface area contributed by atoms with E-state index in [1.165, 1.54) is 0 Å². The molecule has 0 spiro atoms. The molecule has 0 aromatic heterocycles. The minimum atomic E-state index is -3.19. The van der Waals surface area contributed by atoms with E-state index in [9.17, 15) is 8.42 Å². The lowest BCUT2D eigenvalue weighted by molar-refractivity contribution is 0.128. The van der Waals surface area contributed by atoms with Crippen LogP contribution in [0.4, 0.5) is 0 Å². The van der Waals surface area contributed by atoms with E-state index in [4.69, 9.17) is 10.5 Å². The molecule has 0 rings (SSSR count). The number of hydrogen-bond donors (Lipinski definition) is 2. The average Bonchev–Trinajstić information content (AvgIpc) is 2.10. The normalized spacial score (nSPS) is 12.3.